The number of methoxy groups -OCH3 is 1. The zero-order chi connectivity index (χ0) is 13.5. The molecule has 0 radical (unpaired) electrons. The summed E-state index contributed by atoms with van der Waals surface area (Å²) in [4.78, 5) is 2.35. The first kappa shape index (κ1) is 14.6. The van der Waals surface area contributed by atoms with Crippen molar-refractivity contribution in [1.29, 1.82) is 0 Å². The minimum atomic E-state index is 0.716. The first-order valence-corrected chi connectivity index (χ1v) is 7.00. The highest BCUT2D eigenvalue weighted by Crippen LogP contribution is 2.25. The molecule has 1 fully saturated rings. The highest BCUT2D eigenvalue weighted by Gasteiger charge is 2.14. The van der Waals surface area contributed by atoms with Gasteiger partial charge in [-0.15, -0.1) is 0 Å². The lowest BCUT2D eigenvalue weighted by atomic mass is 10.1. The summed E-state index contributed by atoms with van der Waals surface area (Å²) in [7, 11) is 1.71. The minimum absolute atomic E-state index is 0.716. The molecule has 19 heavy (non-hydrogen) atoms. The van der Waals surface area contributed by atoms with Gasteiger partial charge >= 0.3 is 0 Å². The molecule has 0 spiro atoms. The van der Waals surface area contributed by atoms with Gasteiger partial charge in [0.25, 0.3) is 0 Å². The Hall–Kier alpha value is -0.810. The van der Waals surface area contributed by atoms with E-state index in [2.05, 4.69) is 16.3 Å². The lowest BCUT2D eigenvalue weighted by Crippen LogP contribution is -2.37. The number of morpholine rings is 1. The van der Waals surface area contributed by atoms with Gasteiger partial charge in [0, 0.05) is 44.0 Å². The molecule has 4 nitrogen and oxygen atoms in total. The molecule has 1 aliphatic rings. The van der Waals surface area contributed by atoms with Crippen molar-refractivity contribution < 1.29 is 9.47 Å². The third kappa shape index (κ3) is 4.35. The Kier molecular flexibility index (Phi) is 5.92. The first-order valence-electron chi connectivity index (χ1n) is 6.62. The summed E-state index contributed by atoms with van der Waals surface area (Å²) in [6.07, 6.45) is 0. The van der Waals surface area contributed by atoms with Gasteiger partial charge < -0.3 is 19.7 Å². The second kappa shape index (κ2) is 7.70. The third-order valence-electron chi connectivity index (χ3n) is 3.19. The lowest BCUT2D eigenvalue weighted by Gasteiger charge is -2.30. The normalized spacial score (nSPS) is 15.8. The summed E-state index contributed by atoms with van der Waals surface area (Å²) in [6.45, 7) is 5.81. The van der Waals surface area contributed by atoms with E-state index in [9.17, 15) is 0 Å². The van der Waals surface area contributed by atoms with Crippen molar-refractivity contribution >= 4 is 17.3 Å². The molecule has 0 saturated carbocycles. The van der Waals surface area contributed by atoms with Crippen LogP contribution in [0.1, 0.15) is 5.56 Å². The summed E-state index contributed by atoms with van der Waals surface area (Å²) in [6, 6.07) is 6.08. The Morgan fingerprint density at radius 1 is 1.37 bits per heavy atom. The van der Waals surface area contributed by atoms with Crippen LogP contribution in [0.15, 0.2) is 18.2 Å². The number of halogens is 1. The molecule has 1 aliphatic heterocycles. The lowest BCUT2D eigenvalue weighted by molar-refractivity contribution is 0.122. The van der Waals surface area contributed by atoms with Crippen LogP contribution in [-0.4, -0.2) is 46.6 Å². The number of ether oxygens (including phenoxy) is 2. The standard InChI is InChI=1S/C14H21ClN2O2/c1-18-7-4-16-11-12-10-13(15)2-3-14(12)17-5-8-19-9-6-17/h2-3,10,16H,4-9,11H2,1H3. The fraction of sp³-hybridized carbons (Fsp3) is 0.571. The van der Waals surface area contributed by atoms with E-state index in [0.717, 1.165) is 44.4 Å². The van der Waals surface area contributed by atoms with Crippen molar-refractivity contribution in [1.82, 2.24) is 5.32 Å². The molecule has 0 bridgehead atoms. The summed E-state index contributed by atoms with van der Waals surface area (Å²) in [5, 5.41) is 4.15. The van der Waals surface area contributed by atoms with Crippen LogP contribution < -0.4 is 10.2 Å². The zero-order valence-electron chi connectivity index (χ0n) is 11.3. The molecular weight excluding hydrogens is 264 g/mol. The number of nitrogens with zero attached hydrogens (tertiary/aromatic N) is 1. The average Bonchev–Trinajstić information content (AvgIpc) is 2.45. The maximum absolute atomic E-state index is 6.10. The van der Waals surface area contributed by atoms with Gasteiger partial charge in [-0.1, -0.05) is 11.6 Å². The molecule has 0 amide bonds. The summed E-state index contributed by atoms with van der Waals surface area (Å²) in [5.41, 5.74) is 2.48. The molecule has 0 atom stereocenters. The molecule has 1 saturated heterocycles. The smallest absolute Gasteiger partial charge is 0.0642 e. The van der Waals surface area contributed by atoms with Gasteiger partial charge in [0.1, 0.15) is 0 Å². The van der Waals surface area contributed by atoms with E-state index in [-0.39, 0.29) is 0 Å². The molecular formula is C14H21ClN2O2. The summed E-state index contributed by atoms with van der Waals surface area (Å²) < 4.78 is 10.4. The Bertz CT molecular complexity index is 395. The van der Waals surface area contributed by atoms with Gasteiger partial charge in [-0.2, -0.15) is 0 Å². The predicted octanol–water partition coefficient (Wildman–Crippen LogP) is 1.91. The minimum Gasteiger partial charge on any atom is -0.383 e. The molecule has 106 valence electrons. The second-order valence-corrected chi connectivity index (χ2v) is 4.98. The van der Waals surface area contributed by atoms with E-state index < -0.39 is 0 Å². The van der Waals surface area contributed by atoms with Crippen LogP contribution >= 0.6 is 11.6 Å². The van der Waals surface area contributed by atoms with Gasteiger partial charge in [-0.3, -0.25) is 0 Å². The predicted molar refractivity (Wildman–Crippen MR) is 78.1 cm³/mol. The van der Waals surface area contributed by atoms with E-state index in [1.807, 2.05) is 12.1 Å². The fourth-order valence-corrected chi connectivity index (χ4v) is 2.40. The van der Waals surface area contributed by atoms with Crippen LogP contribution in [0.4, 0.5) is 5.69 Å². The van der Waals surface area contributed by atoms with E-state index in [1.54, 1.807) is 7.11 Å². The first-order chi connectivity index (χ1) is 9.31. The van der Waals surface area contributed by atoms with Gasteiger partial charge in [0.2, 0.25) is 0 Å². The number of hydrogen-bond acceptors (Lipinski definition) is 4. The quantitative estimate of drug-likeness (QED) is 0.809. The van der Waals surface area contributed by atoms with Gasteiger partial charge in [-0.25, -0.2) is 0 Å². The number of nitrogens with one attached hydrogen (secondary N) is 1. The Morgan fingerprint density at radius 2 is 2.16 bits per heavy atom. The van der Waals surface area contributed by atoms with Crippen molar-refractivity contribution in [3.05, 3.63) is 28.8 Å². The van der Waals surface area contributed by atoms with Crippen LogP contribution in [0, 0.1) is 0 Å². The SMILES string of the molecule is COCCNCc1cc(Cl)ccc1N1CCOCC1. The number of benzene rings is 1. The zero-order valence-corrected chi connectivity index (χ0v) is 12.1. The monoisotopic (exact) mass is 284 g/mol. The van der Waals surface area contributed by atoms with Crippen LogP contribution in [0.5, 0.6) is 0 Å². The Balaban J connectivity index is 2.03. The second-order valence-electron chi connectivity index (χ2n) is 4.54. The topological polar surface area (TPSA) is 33.7 Å². The Morgan fingerprint density at radius 3 is 2.89 bits per heavy atom. The molecule has 1 N–H and O–H groups in total. The van der Waals surface area contributed by atoms with Crippen molar-refractivity contribution in [2.45, 2.75) is 6.54 Å². The maximum Gasteiger partial charge on any atom is 0.0642 e. The fourth-order valence-electron chi connectivity index (χ4n) is 2.21. The summed E-state index contributed by atoms with van der Waals surface area (Å²) >= 11 is 6.10. The molecule has 1 heterocycles. The van der Waals surface area contributed by atoms with Crippen LogP contribution in [-0.2, 0) is 16.0 Å². The molecule has 5 heteroatoms. The molecule has 0 aromatic heterocycles. The van der Waals surface area contributed by atoms with E-state index in [1.165, 1.54) is 11.3 Å². The van der Waals surface area contributed by atoms with Crippen LogP contribution in [0.3, 0.4) is 0 Å². The van der Waals surface area contributed by atoms with Crippen LogP contribution in [0.2, 0.25) is 5.02 Å². The Labute approximate surface area is 119 Å². The number of hydrogen-bond donors (Lipinski definition) is 1. The summed E-state index contributed by atoms with van der Waals surface area (Å²) in [5.74, 6) is 0. The van der Waals surface area contributed by atoms with Crippen molar-refractivity contribution in [3.63, 3.8) is 0 Å². The van der Waals surface area contributed by atoms with Gasteiger partial charge in [0.15, 0.2) is 0 Å². The van der Waals surface area contributed by atoms with Crippen LogP contribution in [0.25, 0.3) is 0 Å². The van der Waals surface area contributed by atoms with Gasteiger partial charge in [0.05, 0.1) is 19.8 Å². The molecule has 1 aromatic rings. The molecule has 0 unspecified atom stereocenters. The molecule has 0 aliphatic carbocycles. The highest BCUT2D eigenvalue weighted by molar-refractivity contribution is 6.30. The number of rotatable bonds is 6. The molecule has 2 rings (SSSR count). The van der Waals surface area contributed by atoms with Crippen molar-refractivity contribution in [2.75, 3.05) is 51.5 Å². The van der Waals surface area contributed by atoms with E-state index >= 15 is 0 Å². The third-order valence-corrected chi connectivity index (χ3v) is 3.43. The van der Waals surface area contributed by atoms with Crippen molar-refractivity contribution in [3.8, 4) is 0 Å². The van der Waals surface area contributed by atoms with E-state index in [4.69, 9.17) is 21.1 Å². The average molecular weight is 285 g/mol. The molecule has 1 aromatic carbocycles. The maximum atomic E-state index is 6.10. The van der Waals surface area contributed by atoms with E-state index in [0.29, 0.717) is 6.61 Å². The number of anilines is 1. The largest absolute Gasteiger partial charge is 0.383 e. The van der Waals surface area contributed by atoms with Crippen molar-refractivity contribution in [2.24, 2.45) is 0 Å². The highest BCUT2D eigenvalue weighted by atomic mass is 35.5. The van der Waals surface area contributed by atoms with Gasteiger partial charge in [-0.05, 0) is 23.8 Å².